The summed E-state index contributed by atoms with van der Waals surface area (Å²) in [6.45, 7) is 8.39. The van der Waals surface area contributed by atoms with E-state index in [0.717, 1.165) is 54.2 Å². The van der Waals surface area contributed by atoms with E-state index in [2.05, 4.69) is 70.2 Å². The van der Waals surface area contributed by atoms with Crippen LogP contribution in [0.1, 0.15) is 113 Å². The highest BCUT2D eigenvalue weighted by atomic mass is 16.5. The molecule has 2 bridgehead atoms. The number of piperidine rings is 1. The van der Waals surface area contributed by atoms with Crippen molar-refractivity contribution in [2.75, 3.05) is 20.8 Å². The molecule has 64 heavy (non-hydrogen) atoms. The summed E-state index contributed by atoms with van der Waals surface area (Å²) in [6, 6.07) is 18.7. The number of carbonyl (C=O) groups is 4. The molecule has 4 unspecified atom stereocenters. The second kappa shape index (κ2) is 16.5. The van der Waals surface area contributed by atoms with Crippen molar-refractivity contribution in [2.24, 2.45) is 22.7 Å². The van der Waals surface area contributed by atoms with Crippen LogP contribution in [-0.4, -0.2) is 94.4 Å². The Kier molecular flexibility index (Phi) is 10.9. The summed E-state index contributed by atoms with van der Waals surface area (Å²) < 4.78 is 9.66. The third-order valence-corrected chi connectivity index (χ3v) is 15.0. The third kappa shape index (κ3) is 7.34. The molecule has 3 aliphatic heterocycles. The van der Waals surface area contributed by atoms with E-state index in [-0.39, 0.29) is 41.8 Å². The Balaban J connectivity index is 0.865. The molecule has 10 rings (SSSR count). The lowest BCUT2D eigenvalue weighted by molar-refractivity contribution is -0.137. The van der Waals surface area contributed by atoms with Gasteiger partial charge < -0.3 is 34.9 Å². The average molecular weight is 866 g/mol. The van der Waals surface area contributed by atoms with Crippen LogP contribution in [0.4, 0.5) is 15.3 Å². The van der Waals surface area contributed by atoms with Gasteiger partial charge in [0, 0.05) is 24.7 Å². The van der Waals surface area contributed by atoms with Crippen molar-refractivity contribution in [2.45, 2.75) is 121 Å². The van der Waals surface area contributed by atoms with E-state index in [4.69, 9.17) is 19.5 Å². The van der Waals surface area contributed by atoms with Crippen LogP contribution >= 0.6 is 0 Å². The second-order valence-electron chi connectivity index (χ2n) is 19.5. The average Bonchev–Trinajstić information content (AvgIpc) is 4.04. The molecule has 13 nitrogen and oxygen atoms in total. The Morgan fingerprint density at radius 1 is 0.734 bits per heavy atom. The highest BCUT2D eigenvalue weighted by Gasteiger charge is 2.56. The standard InChI is InChI=1S/C51H59N7O6/c1-26(2)45(55-50(61)63-5)48(59)57-19-7-8-40(57)38-22-33-20-30(15-18-37(33)53-38)36-17-16-35(43-31-13-14-32(21-31)44(36)43)28-9-11-29(12-10-28)39-25-52-47(54-39)42-24-34-23-41(34)58(42)49(60)46(27(3)4)56-51(62)64-6/h9-12,15-18,20,25-27,31-32,34,40-42,45-46H,7-8,13-14,19,21-24H2,1-6H3,(H,52,54)(H,55,61)(H,56,62)/t31?,32?,34?,40-,41?,42-,45-,46-/m0/s1. The minimum Gasteiger partial charge on any atom is -0.453 e. The number of hydrogen-bond donors (Lipinski definition) is 3. The highest BCUT2D eigenvalue weighted by Crippen LogP contribution is 2.59. The number of hydrogen-bond acceptors (Lipinski definition) is 8. The smallest absolute Gasteiger partial charge is 0.407 e. The number of nitrogens with one attached hydrogen (secondary N) is 3. The summed E-state index contributed by atoms with van der Waals surface area (Å²) >= 11 is 0. The van der Waals surface area contributed by atoms with Crippen LogP contribution in [0.2, 0.25) is 0 Å². The van der Waals surface area contributed by atoms with Crippen molar-refractivity contribution in [3.63, 3.8) is 0 Å². The highest BCUT2D eigenvalue weighted by molar-refractivity contribution is 6.01. The van der Waals surface area contributed by atoms with E-state index >= 15 is 0 Å². The third-order valence-electron chi connectivity index (χ3n) is 15.0. The lowest BCUT2D eigenvalue weighted by atomic mass is 9.81. The molecule has 8 atom stereocenters. The van der Waals surface area contributed by atoms with Gasteiger partial charge in [-0.1, -0.05) is 70.2 Å². The summed E-state index contributed by atoms with van der Waals surface area (Å²) in [5, 5.41) is 5.52. The van der Waals surface area contributed by atoms with Gasteiger partial charge in [-0.25, -0.2) is 14.6 Å². The van der Waals surface area contributed by atoms with Gasteiger partial charge in [0.1, 0.15) is 17.9 Å². The minimum absolute atomic E-state index is 0.0806. The summed E-state index contributed by atoms with van der Waals surface area (Å²) in [5.74, 6) is 1.98. The molecule has 4 amide bonds. The van der Waals surface area contributed by atoms with Gasteiger partial charge in [0.2, 0.25) is 11.8 Å². The molecule has 334 valence electrons. The Morgan fingerprint density at radius 3 is 2.02 bits per heavy atom. The molecule has 6 aliphatic rings. The number of likely N-dealkylation sites (tertiary alicyclic amines) is 2. The van der Waals surface area contributed by atoms with Gasteiger partial charge in [-0.2, -0.15) is 0 Å². The van der Waals surface area contributed by atoms with Crippen LogP contribution in [-0.2, 0) is 25.5 Å². The van der Waals surface area contributed by atoms with E-state index in [1.54, 1.807) is 0 Å². The van der Waals surface area contributed by atoms with Crippen molar-refractivity contribution in [3.05, 3.63) is 83.3 Å². The molecule has 4 fully saturated rings. The normalized spacial score (nSPS) is 24.6. The first-order valence-corrected chi connectivity index (χ1v) is 23.3. The van der Waals surface area contributed by atoms with Crippen LogP contribution in [0.25, 0.3) is 33.5 Å². The Morgan fingerprint density at radius 2 is 1.36 bits per heavy atom. The number of rotatable bonds is 11. The maximum atomic E-state index is 13.9. The minimum atomic E-state index is -0.671. The number of ether oxygens (including phenoxy) is 2. The van der Waals surface area contributed by atoms with Crippen molar-refractivity contribution in [1.82, 2.24) is 30.4 Å². The fourth-order valence-corrected chi connectivity index (χ4v) is 11.7. The molecule has 0 spiro atoms. The largest absolute Gasteiger partial charge is 0.453 e. The molecule has 3 aromatic carbocycles. The quantitative estimate of drug-likeness (QED) is 0.136. The molecule has 2 saturated carbocycles. The Bertz CT molecular complexity index is 2550. The van der Waals surface area contributed by atoms with E-state index < -0.39 is 24.3 Å². The molecule has 4 aromatic rings. The number of imidazole rings is 1. The van der Waals surface area contributed by atoms with Crippen molar-refractivity contribution in [3.8, 4) is 33.5 Å². The topological polar surface area (TPSA) is 158 Å². The number of aliphatic imine (C=N–C) groups is 1. The molecule has 1 aromatic heterocycles. The summed E-state index contributed by atoms with van der Waals surface area (Å²) in [5.41, 5.74) is 13.2. The van der Waals surface area contributed by atoms with E-state index in [1.807, 2.05) is 43.7 Å². The maximum absolute atomic E-state index is 13.9. The van der Waals surface area contributed by atoms with Gasteiger partial charge in [-0.05, 0) is 131 Å². The summed E-state index contributed by atoms with van der Waals surface area (Å²) in [7, 11) is 2.63. The van der Waals surface area contributed by atoms with Gasteiger partial charge in [-0.15, -0.1) is 0 Å². The van der Waals surface area contributed by atoms with Crippen LogP contribution in [0.5, 0.6) is 0 Å². The van der Waals surface area contributed by atoms with Gasteiger partial charge in [0.15, 0.2) is 0 Å². The van der Waals surface area contributed by atoms with Gasteiger partial charge in [0.25, 0.3) is 0 Å². The molecule has 3 aliphatic carbocycles. The molecule has 2 saturated heterocycles. The SMILES string of the molecule is COC(=O)N[C@H](C(=O)N1CCC[C@H]1C1=Nc2ccc(-c3ccc(-c4ccc(-c5cnc([C@@H]6CC7CC7N6C(=O)[C@@H](NC(=O)OC)C(C)C)[nH]5)cc4)c4c3C3CCC4C3)cc2C1)C(C)C. The molecular weight excluding hydrogens is 807 g/mol. The lowest BCUT2D eigenvalue weighted by Crippen LogP contribution is -2.53. The summed E-state index contributed by atoms with van der Waals surface area (Å²) in [6.07, 6.45) is 8.60. The number of aromatic amines is 1. The molecule has 13 heteroatoms. The van der Waals surface area contributed by atoms with E-state index in [1.165, 1.54) is 72.4 Å². The predicted molar refractivity (Wildman–Crippen MR) is 244 cm³/mol. The number of fused-ring (bicyclic) bond motifs is 7. The Labute approximate surface area is 374 Å². The van der Waals surface area contributed by atoms with Crippen molar-refractivity contribution >= 4 is 35.4 Å². The van der Waals surface area contributed by atoms with Crippen LogP contribution in [0.15, 0.2) is 65.8 Å². The maximum Gasteiger partial charge on any atom is 0.407 e. The van der Waals surface area contributed by atoms with Gasteiger partial charge in [-0.3, -0.25) is 14.6 Å². The first-order valence-electron chi connectivity index (χ1n) is 23.3. The zero-order chi connectivity index (χ0) is 44.6. The number of benzene rings is 3. The molecule has 4 heterocycles. The molecular formula is C51H59N7O6. The van der Waals surface area contributed by atoms with Crippen molar-refractivity contribution in [1.29, 1.82) is 0 Å². The van der Waals surface area contributed by atoms with Crippen LogP contribution in [0.3, 0.4) is 0 Å². The Hall–Kier alpha value is -5.98. The number of amides is 4. The number of methoxy groups -OCH3 is 2. The number of nitrogens with zero attached hydrogens (tertiary/aromatic N) is 4. The number of carbonyl (C=O) groups excluding carboxylic acids is 4. The summed E-state index contributed by atoms with van der Waals surface area (Å²) in [4.78, 5) is 69.3. The van der Waals surface area contributed by atoms with Crippen molar-refractivity contribution < 1.29 is 28.7 Å². The number of alkyl carbamates (subject to hydrolysis) is 2. The zero-order valence-electron chi connectivity index (χ0n) is 37.6. The van der Waals surface area contributed by atoms with E-state index in [0.29, 0.717) is 30.7 Å². The van der Waals surface area contributed by atoms with E-state index in [9.17, 15) is 19.2 Å². The zero-order valence-corrected chi connectivity index (χ0v) is 37.6. The fraction of sp³-hybridized carbons (Fsp3) is 0.490. The van der Waals surface area contributed by atoms with Crippen LogP contribution in [0, 0.1) is 17.8 Å². The predicted octanol–water partition coefficient (Wildman–Crippen LogP) is 8.82. The fourth-order valence-electron chi connectivity index (χ4n) is 11.7. The second-order valence-corrected chi connectivity index (χ2v) is 19.5. The first-order chi connectivity index (χ1) is 30.9. The first kappa shape index (κ1) is 42.0. The lowest BCUT2D eigenvalue weighted by Gasteiger charge is -2.31. The monoisotopic (exact) mass is 865 g/mol. The van der Waals surface area contributed by atoms with Gasteiger partial charge in [0.05, 0.1) is 43.9 Å². The van der Waals surface area contributed by atoms with Crippen LogP contribution < -0.4 is 10.6 Å². The molecule has 3 N–H and O–H groups in total. The number of H-pyrrole nitrogens is 1. The number of aromatic nitrogens is 2. The molecule has 0 radical (unpaired) electrons. The van der Waals surface area contributed by atoms with Gasteiger partial charge >= 0.3 is 12.2 Å².